The summed E-state index contributed by atoms with van der Waals surface area (Å²) in [4.78, 5) is 1.34. The van der Waals surface area contributed by atoms with Crippen molar-refractivity contribution in [1.82, 2.24) is 0 Å². The van der Waals surface area contributed by atoms with E-state index in [-0.39, 0.29) is 0 Å². The van der Waals surface area contributed by atoms with Gasteiger partial charge in [0.2, 0.25) is 0 Å². The van der Waals surface area contributed by atoms with Crippen LogP contribution >= 0.6 is 27.3 Å². The van der Waals surface area contributed by atoms with Gasteiger partial charge in [-0.15, -0.1) is 17.3 Å². The summed E-state index contributed by atoms with van der Waals surface area (Å²) < 4.78 is 1.20. The molecule has 70 valence electrons. The Bertz CT molecular complexity index is 303. The minimum atomic E-state index is 0.891. The molecule has 0 radical (unpaired) electrons. The predicted octanol–water partition coefficient (Wildman–Crippen LogP) is 4.25. The molecule has 1 rings (SSSR count). The van der Waals surface area contributed by atoms with Crippen LogP contribution in [0, 0.1) is 11.8 Å². The standard InChI is InChI=1S/C11H13BrS/c1-2-3-4-5-6-7-11-10(12)8-9-13-11/h8-9H,2-4,7H2,1H3. The molecule has 2 heteroatoms. The Morgan fingerprint density at radius 1 is 1.46 bits per heavy atom. The zero-order valence-corrected chi connectivity index (χ0v) is 10.2. The Labute approximate surface area is 92.5 Å². The van der Waals surface area contributed by atoms with Crippen molar-refractivity contribution in [3.05, 3.63) is 20.8 Å². The lowest BCUT2D eigenvalue weighted by Crippen LogP contribution is -1.75. The molecule has 0 atom stereocenters. The molecule has 1 aromatic rings. The van der Waals surface area contributed by atoms with Gasteiger partial charge in [-0.05, 0) is 33.8 Å². The fourth-order valence-electron chi connectivity index (χ4n) is 0.948. The van der Waals surface area contributed by atoms with E-state index in [1.807, 2.05) is 0 Å². The molecular formula is C11H13BrS. The first-order valence-corrected chi connectivity index (χ1v) is 6.19. The Morgan fingerprint density at radius 3 is 2.92 bits per heavy atom. The quantitative estimate of drug-likeness (QED) is 0.561. The van der Waals surface area contributed by atoms with Crippen molar-refractivity contribution in [2.24, 2.45) is 0 Å². The Hall–Kier alpha value is -0.260. The maximum Gasteiger partial charge on any atom is 0.0445 e. The first kappa shape index (κ1) is 10.8. The average molecular weight is 257 g/mol. The summed E-state index contributed by atoms with van der Waals surface area (Å²) in [5, 5.41) is 2.09. The van der Waals surface area contributed by atoms with Gasteiger partial charge < -0.3 is 0 Å². The third kappa shape index (κ3) is 3.97. The first-order chi connectivity index (χ1) is 6.34. The van der Waals surface area contributed by atoms with E-state index in [0.29, 0.717) is 0 Å². The van der Waals surface area contributed by atoms with Crippen LogP contribution in [0.2, 0.25) is 0 Å². The second-order valence-corrected chi connectivity index (χ2v) is 4.68. The van der Waals surface area contributed by atoms with E-state index in [4.69, 9.17) is 0 Å². The third-order valence-corrected chi connectivity index (χ3v) is 3.65. The van der Waals surface area contributed by atoms with Crippen LogP contribution in [-0.2, 0) is 6.42 Å². The van der Waals surface area contributed by atoms with Gasteiger partial charge in [-0.25, -0.2) is 0 Å². The fourth-order valence-corrected chi connectivity index (χ4v) is 2.38. The maximum atomic E-state index is 3.49. The van der Waals surface area contributed by atoms with Crippen LogP contribution in [0.5, 0.6) is 0 Å². The minimum absolute atomic E-state index is 0.891. The van der Waals surface area contributed by atoms with E-state index in [1.165, 1.54) is 22.2 Å². The summed E-state index contributed by atoms with van der Waals surface area (Å²) in [6.45, 7) is 2.19. The highest BCUT2D eigenvalue weighted by Gasteiger charge is 1.96. The average Bonchev–Trinajstić information content (AvgIpc) is 2.52. The van der Waals surface area contributed by atoms with Gasteiger partial charge in [-0.1, -0.05) is 19.3 Å². The van der Waals surface area contributed by atoms with E-state index in [0.717, 1.165) is 12.8 Å². The van der Waals surface area contributed by atoms with E-state index < -0.39 is 0 Å². The maximum absolute atomic E-state index is 3.49. The molecule has 0 aliphatic heterocycles. The SMILES string of the molecule is CCCCC#CCc1sccc1Br. The second-order valence-electron chi connectivity index (χ2n) is 2.83. The molecule has 0 saturated heterocycles. The van der Waals surface area contributed by atoms with Gasteiger partial charge in [-0.3, -0.25) is 0 Å². The second kappa shape index (κ2) is 6.23. The number of rotatable bonds is 3. The summed E-state index contributed by atoms with van der Waals surface area (Å²) in [5.74, 6) is 6.38. The van der Waals surface area contributed by atoms with Crippen molar-refractivity contribution in [1.29, 1.82) is 0 Å². The Kier molecular flexibility index (Phi) is 5.19. The highest BCUT2D eigenvalue weighted by Crippen LogP contribution is 2.22. The first-order valence-electron chi connectivity index (χ1n) is 4.52. The van der Waals surface area contributed by atoms with Crippen LogP contribution in [0.25, 0.3) is 0 Å². The number of halogens is 1. The molecule has 0 aliphatic carbocycles. The molecule has 0 fully saturated rings. The van der Waals surface area contributed by atoms with Gasteiger partial charge in [0.25, 0.3) is 0 Å². The van der Waals surface area contributed by atoms with Gasteiger partial charge in [0.1, 0.15) is 0 Å². The van der Waals surface area contributed by atoms with E-state index in [1.54, 1.807) is 11.3 Å². The molecule has 0 spiro atoms. The van der Waals surface area contributed by atoms with E-state index in [9.17, 15) is 0 Å². The number of unbranched alkanes of at least 4 members (excludes halogenated alkanes) is 2. The van der Waals surface area contributed by atoms with Gasteiger partial charge >= 0.3 is 0 Å². The van der Waals surface area contributed by atoms with Crippen LogP contribution in [-0.4, -0.2) is 0 Å². The molecule has 1 heterocycles. The molecule has 0 amide bonds. The molecule has 0 bridgehead atoms. The van der Waals surface area contributed by atoms with Crippen molar-refractivity contribution >= 4 is 27.3 Å². The molecule has 0 aliphatic rings. The smallest absolute Gasteiger partial charge is 0.0445 e. The monoisotopic (exact) mass is 256 g/mol. The molecule has 0 unspecified atom stereocenters. The van der Waals surface area contributed by atoms with Crippen LogP contribution in [0.1, 0.15) is 31.1 Å². The highest BCUT2D eigenvalue weighted by atomic mass is 79.9. The van der Waals surface area contributed by atoms with Gasteiger partial charge in [0.05, 0.1) is 0 Å². The largest absolute Gasteiger partial charge is 0.147 e. The van der Waals surface area contributed by atoms with E-state index in [2.05, 4.69) is 46.1 Å². The molecule has 0 nitrogen and oxygen atoms in total. The van der Waals surface area contributed by atoms with E-state index >= 15 is 0 Å². The van der Waals surface area contributed by atoms with Crippen molar-refractivity contribution in [3.8, 4) is 11.8 Å². The molecule has 13 heavy (non-hydrogen) atoms. The lowest BCUT2D eigenvalue weighted by Gasteiger charge is -1.88. The Morgan fingerprint density at radius 2 is 2.31 bits per heavy atom. The van der Waals surface area contributed by atoms with Crippen LogP contribution in [0.15, 0.2) is 15.9 Å². The molecule has 1 aromatic heterocycles. The zero-order chi connectivity index (χ0) is 9.52. The topological polar surface area (TPSA) is 0 Å². The Balaban J connectivity index is 2.33. The summed E-state index contributed by atoms with van der Waals surface area (Å²) in [7, 11) is 0. The van der Waals surface area contributed by atoms with Crippen molar-refractivity contribution in [2.75, 3.05) is 0 Å². The minimum Gasteiger partial charge on any atom is -0.147 e. The lowest BCUT2D eigenvalue weighted by molar-refractivity contribution is 0.827. The number of hydrogen-bond acceptors (Lipinski definition) is 1. The third-order valence-electron chi connectivity index (χ3n) is 1.72. The lowest BCUT2D eigenvalue weighted by atomic mass is 10.2. The number of thiophene rings is 1. The molecular weight excluding hydrogens is 244 g/mol. The van der Waals surface area contributed by atoms with Gasteiger partial charge in [-0.2, -0.15) is 0 Å². The van der Waals surface area contributed by atoms with Crippen LogP contribution in [0.3, 0.4) is 0 Å². The predicted molar refractivity (Wildman–Crippen MR) is 63.0 cm³/mol. The highest BCUT2D eigenvalue weighted by molar-refractivity contribution is 9.10. The van der Waals surface area contributed by atoms with Crippen LogP contribution in [0.4, 0.5) is 0 Å². The summed E-state index contributed by atoms with van der Waals surface area (Å²) in [6, 6.07) is 2.08. The molecule has 0 aromatic carbocycles. The van der Waals surface area contributed by atoms with Gasteiger partial charge in [0.15, 0.2) is 0 Å². The van der Waals surface area contributed by atoms with Crippen LogP contribution < -0.4 is 0 Å². The van der Waals surface area contributed by atoms with Crippen molar-refractivity contribution < 1.29 is 0 Å². The summed E-state index contributed by atoms with van der Waals surface area (Å²) >= 11 is 5.26. The fraction of sp³-hybridized carbons (Fsp3) is 0.455. The molecule has 0 saturated carbocycles. The summed E-state index contributed by atoms with van der Waals surface area (Å²) in [6.07, 6.45) is 4.39. The van der Waals surface area contributed by atoms with Crippen molar-refractivity contribution in [2.45, 2.75) is 32.6 Å². The summed E-state index contributed by atoms with van der Waals surface area (Å²) in [5.41, 5.74) is 0. The van der Waals surface area contributed by atoms with Gasteiger partial charge in [0, 0.05) is 22.2 Å². The normalized spacial score (nSPS) is 9.38. The van der Waals surface area contributed by atoms with Crippen molar-refractivity contribution in [3.63, 3.8) is 0 Å². The number of hydrogen-bond donors (Lipinski definition) is 0. The molecule has 0 N–H and O–H groups in total. The zero-order valence-electron chi connectivity index (χ0n) is 7.77.